The number of benzene rings is 1. The molecule has 1 N–H and O–H groups in total. The van der Waals surface area contributed by atoms with Crippen LogP contribution in [0.1, 0.15) is 69.0 Å². The summed E-state index contributed by atoms with van der Waals surface area (Å²) >= 11 is 0. The third-order valence-electron chi connectivity index (χ3n) is 6.59. The second-order valence-electron chi connectivity index (χ2n) is 8.41. The molecule has 2 fully saturated rings. The van der Waals surface area contributed by atoms with Crippen molar-refractivity contribution >= 4 is 18.3 Å². The van der Waals surface area contributed by atoms with E-state index in [2.05, 4.69) is 41.4 Å². The lowest BCUT2D eigenvalue weighted by molar-refractivity contribution is -0.136. The third-order valence-corrected chi connectivity index (χ3v) is 6.59. The molecule has 0 radical (unpaired) electrons. The fourth-order valence-electron chi connectivity index (χ4n) is 4.96. The van der Waals surface area contributed by atoms with E-state index >= 15 is 0 Å². The predicted octanol–water partition coefficient (Wildman–Crippen LogP) is 4.50. The number of halogens is 1. The van der Waals surface area contributed by atoms with Crippen molar-refractivity contribution < 1.29 is 4.79 Å². The zero-order valence-electron chi connectivity index (χ0n) is 16.0. The van der Waals surface area contributed by atoms with E-state index < -0.39 is 0 Å². The number of aryl methyl sites for hydroxylation is 1. The predicted molar refractivity (Wildman–Crippen MR) is 109 cm³/mol. The summed E-state index contributed by atoms with van der Waals surface area (Å²) in [6.07, 6.45) is 9.11. The molecule has 1 saturated carbocycles. The quantitative estimate of drug-likeness (QED) is 0.820. The van der Waals surface area contributed by atoms with Crippen LogP contribution in [0, 0.1) is 11.8 Å². The first-order valence-electron chi connectivity index (χ1n) is 10.3. The minimum atomic E-state index is 0. The van der Waals surface area contributed by atoms with Crippen molar-refractivity contribution in [1.29, 1.82) is 0 Å². The summed E-state index contributed by atoms with van der Waals surface area (Å²) in [5.41, 5.74) is 2.88. The smallest absolute Gasteiger partial charge is 0.223 e. The first-order chi connectivity index (χ1) is 12.2. The summed E-state index contributed by atoms with van der Waals surface area (Å²) in [5.74, 6) is 1.63. The van der Waals surface area contributed by atoms with Crippen LogP contribution in [-0.2, 0) is 11.2 Å². The highest BCUT2D eigenvalue weighted by atomic mass is 35.5. The van der Waals surface area contributed by atoms with Gasteiger partial charge in [0.1, 0.15) is 0 Å². The highest BCUT2D eigenvalue weighted by Crippen LogP contribution is 2.41. The largest absolute Gasteiger partial charge is 0.333 e. The normalized spacial score (nSPS) is 24.3. The SMILES string of the molecule is CC(CC(=O)N(C1CC1)C1CCCc2ccccc21)C1CCNCC1.Cl. The highest BCUT2D eigenvalue weighted by molar-refractivity contribution is 5.85. The number of nitrogens with one attached hydrogen (secondary N) is 1. The average molecular weight is 377 g/mol. The molecule has 3 aliphatic rings. The number of hydrogen-bond acceptors (Lipinski definition) is 2. The molecule has 1 aliphatic heterocycles. The summed E-state index contributed by atoms with van der Waals surface area (Å²) in [6, 6.07) is 9.63. The van der Waals surface area contributed by atoms with Crippen LogP contribution in [-0.4, -0.2) is 29.9 Å². The van der Waals surface area contributed by atoms with Crippen LogP contribution in [0.5, 0.6) is 0 Å². The number of fused-ring (bicyclic) bond motifs is 1. The molecule has 26 heavy (non-hydrogen) atoms. The van der Waals surface area contributed by atoms with Gasteiger partial charge in [0.25, 0.3) is 0 Å². The fourth-order valence-corrected chi connectivity index (χ4v) is 4.96. The van der Waals surface area contributed by atoms with Gasteiger partial charge in [0.15, 0.2) is 0 Å². The Hall–Kier alpha value is -1.06. The van der Waals surface area contributed by atoms with Crippen molar-refractivity contribution in [2.75, 3.05) is 13.1 Å². The van der Waals surface area contributed by atoms with Crippen LogP contribution in [0.2, 0.25) is 0 Å². The molecule has 1 amide bonds. The van der Waals surface area contributed by atoms with Crippen molar-refractivity contribution in [3.63, 3.8) is 0 Å². The molecule has 3 nitrogen and oxygen atoms in total. The van der Waals surface area contributed by atoms with Crippen LogP contribution in [0.15, 0.2) is 24.3 Å². The number of piperidine rings is 1. The number of rotatable bonds is 5. The molecule has 2 aliphatic carbocycles. The molecule has 2 unspecified atom stereocenters. The summed E-state index contributed by atoms with van der Waals surface area (Å²) in [5, 5.41) is 3.44. The van der Waals surface area contributed by atoms with Gasteiger partial charge in [-0.25, -0.2) is 0 Å². The van der Waals surface area contributed by atoms with Crippen molar-refractivity contribution in [2.24, 2.45) is 11.8 Å². The molecule has 1 aromatic carbocycles. The fraction of sp³-hybridized carbons (Fsp3) is 0.682. The first-order valence-corrected chi connectivity index (χ1v) is 10.3. The Morgan fingerprint density at radius 2 is 1.88 bits per heavy atom. The lowest BCUT2D eigenvalue weighted by atomic mass is 9.83. The van der Waals surface area contributed by atoms with E-state index in [9.17, 15) is 4.79 Å². The molecular formula is C22H33ClN2O. The molecule has 1 heterocycles. The second kappa shape index (κ2) is 8.75. The van der Waals surface area contributed by atoms with Crippen molar-refractivity contribution in [1.82, 2.24) is 10.2 Å². The second-order valence-corrected chi connectivity index (χ2v) is 8.41. The Morgan fingerprint density at radius 1 is 1.15 bits per heavy atom. The zero-order chi connectivity index (χ0) is 17.2. The van der Waals surface area contributed by atoms with Crippen molar-refractivity contribution in [2.45, 2.75) is 70.4 Å². The Balaban J connectivity index is 0.00000196. The van der Waals surface area contributed by atoms with E-state index in [1.54, 1.807) is 0 Å². The van der Waals surface area contributed by atoms with E-state index in [0.29, 0.717) is 29.8 Å². The molecule has 1 aromatic rings. The minimum absolute atomic E-state index is 0. The van der Waals surface area contributed by atoms with Gasteiger partial charge in [0.05, 0.1) is 6.04 Å². The number of hydrogen-bond donors (Lipinski definition) is 1. The number of amides is 1. The highest BCUT2D eigenvalue weighted by Gasteiger charge is 2.40. The van der Waals surface area contributed by atoms with E-state index in [1.807, 2.05) is 0 Å². The van der Waals surface area contributed by atoms with Crippen LogP contribution in [0.3, 0.4) is 0 Å². The van der Waals surface area contributed by atoms with Gasteiger partial charge in [-0.2, -0.15) is 0 Å². The van der Waals surface area contributed by atoms with E-state index in [1.165, 1.54) is 49.7 Å². The van der Waals surface area contributed by atoms with Crippen LogP contribution in [0.4, 0.5) is 0 Å². The molecule has 144 valence electrons. The van der Waals surface area contributed by atoms with Gasteiger partial charge < -0.3 is 10.2 Å². The van der Waals surface area contributed by atoms with Gasteiger partial charge in [0.2, 0.25) is 5.91 Å². The van der Waals surface area contributed by atoms with Gasteiger partial charge in [-0.1, -0.05) is 31.2 Å². The van der Waals surface area contributed by atoms with Crippen LogP contribution in [0.25, 0.3) is 0 Å². The maximum absolute atomic E-state index is 13.3. The first kappa shape index (κ1) is 19.7. The van der Waals surface area contributed by atoms with Crippen molar-refractivity contribution in [3.8, 4) is 0 Å². The molecule has 0 bridgehead atoms. The maximum Gasteiger partial charge on any atom is 0.223 e. The number of carbonyl (C=O) groups excluding carboxylic acids is 1. The zero-order valence-corrected chi connectivity index (χ0v) is 16.8. The van der Waals surface area contributed by atoms with Gasteiger partial charge in [-0.3, -0.25) is 4.79 Å². The molecule has 2 atom stereocenters. The Kier molecular flexibility index (Phi) is 6.63. The molecular weight excluding hydrogens is 344 g/mol. The van der Waals surface area contributed by atoms with E-state index in [4.69, 9.17) is 0 Å². The topological polar surface area (TPSA) is 32.3 Å². The standard InChI is InChI=1S/C22H32N2O.ClH/c1-16(17-11-13-23-14-12-17)15-22(25)24(19-9-10-19)21-8-4-6-18-5-2-3-7-20(18)21;/h2-3,5,7,16-17,19,21,23H,4,6,8-15H2,1H3;1H. The van der Waals surface area contributed by atoms with Gasteiger partial charge in [-0.15, -0.1) is 12.4 Å². The molecule has 0 aromatic heterocycles. The average Bonchev–Trinajstić information content (AvgIpc) is 3.48. The summed E-state index contributed by atoms with van der Waals surface area (Å²) < 4.78 is 0. The molecule has 0 spiro atoms. The molecule has 1 saturated heterocycles. The Bertz CT molecular complexity index is 610. The number of carbonyl (C=O) groups is 1. The Morgan fingerprint density at radius 3 is 2.62 bits per heavy atom. The van der Waals surface area contributed by atoms with Crippen molar-refractivity contribution in [3.05, 3.63) is 35.4 Å². The monoisotopic (exact) mass is 376 g/mol. The lowest BCUT2D eigenvalue weighted by Gasteiger charge is -2.37. The third kappa shape index (κ3) is 4.26. The summed E-state index contributed by atoms with van der Waals surface area (Å²) in [4.78, 5) is 15.6. The van der Waals surface area contributed by atoms with Crippen LogP contribution >= 0.6 is 12.4 Å². The van der Waals surface area contributed by atoms with Gasteiger partial charge >= 0.3 is 0 Å². The number of nitrogens with zero attached hydrogens (tertiary/aromatic N) is 1. The summed E-state index contributed by atoms with van der Waals surface area (Å²) in [6.45, 7) is 4.53. The summed E-state index contributed by atoms with van der Waals surface area (Å²) in [7, 11) is 0. The van der Waals surface area contributed by atoms with Gasteiger partial charge in [0, 0.05) is 12.5 Å². The molecule has 4 heteroatoms. The Labute approximate surface area is 164 Å². The molecule has 4 rings (SSSR count). The van der Waals surface area contributed by atoms with E-state index in [0.717, 1.165) is 25.9 Å². The van der Waals surface area contributed by atoms with Crippen LogP contribution < -0.4 is 5.32 Å². The van der Waals surface area contributed by atoms with E-state index in [-0.39, 0.29) is 12.4 Å². The minimum Gasteiger partial charge on any atom is -0.333 e. The lowest BCUT2D eigenvalue weighted by Crippen LogP contribution is -2.40. The van der Waals surface area contributed by atoms with Gasteiger partial charge in [-0.05, 0) is 81.0 Å². The maximum atomic E-state index is 13.3.